The predicted octanol–water partition coefficient (Wildman–Crippen LogP) is 5.00. The summed E-state index contributed by atoms with van der Waals surface area (Å²) in [5, 5.41) is 0. The maximum atomic E-state index is 2.66. The minimum absolute atomic E-state index is 0.789. The van der Waals surface area contributed by atoms with Gasteiger partial charge in [0.2, 0.25) is 0 Å². The minimum atomic E-state index is 0.789. The molecule has 18 heavy (non-hydrogen) atoms. The summed E-state index contributed by atoms with van der Waals surface area (Å²) in [6.07, 6.45) is 17.8. The Labute approximate surface area is 114 Å². The molecule has 0 aromatic carbocycles. The van der Waals surface area contributed by atoms with Gasteiger partial charge in [-0.25, -0.2) is 0 Å². The summed E-state index contributed by atoms with van der Waals surface area (Å²) in [6.45, 7) is 6.50. The van der Waals surface area contributed by atoms with Crippen molar-refractivity contribution < 1.29 is 0 Å². The van der Waals surface area contributed by atoms with Crippen LogP contribution in [0.3, 0.4) is 0 Å². The molecule has 0 radical (unpaired) electrons. The number of unbranched alkanes of at least 4 members (excludes halogenated alkanes) is 7. The lowest BCUT2D eigenvalue weighted by atomic mass is 9.69. The van der Waals surface area contributed by atoms with E-state index < -0.39 is 0 Å². The van der Waals surface area contributed by atoms with E-state index in [1.54, 1.807) is 0 Å². The standard InChI is InChI=1S/C17H33N/c1-2-3-4-5-6-7-8-9-10-17-11-14-18(15-12-17)16-13-17/h2-16H2,1H3. The molecule has 3 fully saturated rings. The molecular formula is C17H33N. The van der Waals surface area contributed by atoms with Crippen LogP contribution in [0.15, 0.2) is 0 Å². The first-order chi connectivity index (χ1) is 8.85. The SMILES string of the molecule is CCCCCCCCCCC12CCN(CC1)CC2. The van der Waals surface area contributed by atoms with Crippen molar-refractivity contribution in [3.05, 3.63) is 0 Å². The van der Waals surface area contributed by atoms with Crippen LogP contribution in [0, 0.1) is 5.41 Å². The zero-order valence-corrected chi connectivity index (χ0v) is 12.6. The smallest absolute Gasteiger partial charge is 0.00134 e. The number of rotatable bonds is 9. The average Bonchev–Trinajstić information content (AvgIpc) is 2.44. The first-order valence-corrected chi connectivity index (χ1v) is 8.57. The molecule has 3 heterocycles. The summed E-state index contributed by atoms with van der Waals surface area (Å²) < 4.78 is 0. The van der Waals surface area contributed by atoms with Crippen molar-refractivity contribution in [1.82, 2.24) is 4.90 Å². The van der Waals surface area contributed by atoms with Crippen molar-refractivity contribution in [1.29, 1.82) is 0 Å². The minimum Gasteiger partial charge on any atom is -0.303 e. The van der Waals surface area contributed by atoms with E-state index in [0.29, 0.717) is 0 Å². The molecule has 2 bridgehead atoms. The Bertz CT molecular complexity index is 202. The van der Waals surface area contributed by atoms with Crippen LogP contribution in [0.1, 0.15) is 84.0 Å². The lowest BCUT2D eigenvalue weighted by Gasteiger charge is -2.48. The number of piperidine rings is 3. The third-order valence-corrected chi connectivity index (χ3v) is 5.44. The Morgan fingerprint density at radius 1 is 0.722 bits per heavy atom. The third kappa shape index (κ3) is 4.26. The quantitative estimate of drug-likeness (QED) is 0.521. The van der Waals surface area contributed by atoms with Gasteiger partial charge in [-0.2, -0.15) is 0 Å². The molecule has 1 heteroatoms. The molecule has 0 spiro atoms. The lowest BCUT2D eigenvalue weighted by molar-refractivity contribution is 0.0180. The highest BCUT2D eigenvalue weighted by Crippen LogP contribution is 2.43. The van der Waals surface area contributed by atoms with Gasteiger partial charge in [0.25, 0.3) is 0 Å². The van der Waals surface area contributed by atoms with Crippen molar-refractivity contribution in [3.63, 3.8) is 0 Å². The van der Waals surface area contributed by atoms with E-state index in [4.69, 9.17) is 0 Å². The van der Waals surface area contributed by atoms with E-state index in [9.17, 15) is 0 Å². The van der Waals surface area contributed by atoms with Gasteiger partial charge in [0.1, 0.15) is 0 Å². The molecule has 0 aromatic heterocycles. The van der Waals surface area contributed by atoms with E-state index >= 15 is 0 Å². The van der Waals surface area contributed by atoms with Crippen LogP contribution in [0.25, 0.3) is 0 Å². The molecule has 0 amide bonds. The molecule has 0 aliphatic carbocycles. The Kier molecular flexibility index (Phi) is 6.01. The fraction of sp³-hybridized carbons (Fsp3) is 1.00. The predicted molar refractivity (Wildman–Crippen MR) is 80.0 cm³/mol. The van der Waals surface area contributed by atoms with E-state index in [2.05, 4.69) is 11.8 Å². The largest absolute Gasteiger partial charge is 0.303 e. The Morgan fingerprint density at radius 3 is 1.78 bits per heavy atom. The number of hydrogen-bond donors (Lipinski definition) is 0. The van der Waals surface area contributed by atoms with Gasteiger partial charge >= 0.3 is 0 Å². The molecular weight excluding hydrogens is 218 g/mol. The molecule has 0 aromatic rings. The van der Waals surface area contributed by atoms with Gasteiger partial charge < -0.3 is 4.90 Å². The van der Waals surface area contributed by atoms with Crippen LogP contribution in [-0.2, 0) is 0 Å². The molecule has 3 rings (SSSR count). The average molecular weight is 251 g/mol. The Morgan fingerprint density at radius 2 is 1.22 bits per heavy atom. The topological polar surface area (TPSA) is 3.24 Å². The molecule has 0 saturated carbocycles. The number of hydrogen-bond acceptors (Lipinski definition) is 1. The summed E-state index contributed by atoms with van der Waals surface area (Å²) in [7, 11) is 0. The first kappa shape index (κ1) is 14.4. The summed E-state index contributed by atoms with van der Waals surface area (Å²) in [4.78, 5) is 2.66. The maximum absolute atomic E-state index is 2.66. The van der Waals surface area contributed by atoms with E-state index in [1.165, 1.54) is 96.7 Å². The fourth-order valence-corrected chi connectivity index (χ4v) is 3.91. The van der Waals surface area contributed by atoms with Crippen LogP contribution in [0.5, 0.6) is 0 Å². The third-order valence-electron chi connectivity index (χ3n) is 5.44. The second kappa shape index (κ2) is 7.53. The Hall–Kier alpha value is -0.0400. The van der Waals surface area contributed by atoms with Crippen molar-refractivity contribution in [2.75, 3.05) is 19.6 Å². The van der Waals surface area contributed by atoms with Gasteiger partial charge in [0, 0.05) is 0 Å². The summed E-state index contributed by atoms with van der Waals surface area (Å²) in [5.41, 5.74) is 0.789. The highest BCUT2D eigenvalue weighted by atomic mass is 15.1. The van der Waals surface area contributed by atoms with Crippen molar-refractivity contribution in [2.45, 2.75) is 84.0 Å². The molecule has 0 atom stereocenters. The molecule has 106 valence electrons. The van der Waals surface area contributed by atoms with Gasteiger partial charge in [0.05, 0.1) is 0 Å². The second-order valence-electron chi connectivity index (χ2n) is 6.82. The Balaban J connectivity index is 1.48. The molecule has 0 unspecified atom stereocenters. The molecule has 3 aliphatic rings. The normalized spacial score (nSPS) is 30.8. The van der Waals surface area contributed by atoms with E-state index in [-0.39, 0.29) is 0 Å². The summed E-state index contributed by atoms with van der Waals surface area (Å²) in [6, 6.07) is 0. The van der Waals surface area contributed by atoms with Crippen molar-refractivity contribution >= 4 is 0 Å². The van der Waals surface area contributed by atoms with E-state index in [1.807, 2.05) is 0 Å². The van der Waals surface area contributed by atoms with Gasteiger partial charge in [-0.1, -0.05) is 58.3 Å². The highest BCUT2D eigenvalue weighted by molar-refractivity contribution is 4.91. The van der Waals surface area contributed by atoms with Crippen molar-refractivity contribution in [3.8, 4) is 0 Å². The number of nitrogens with zero attached hydrogens (tertiary/aromatic N) is 1. The van der Waals surface area contributed by atoms with Crippen LogP contribution in [0.4, 0.5) is 0 Å². The molecule has 3 aliphatic heterocycles. The summed E-state index contributed by atoms with van der Waals surface area (Å²) >= 11 is 0. The molecule has 1 nitrogen and oxygen atoms in total. The van der Waals surface area contributed by atoms with Crippen LogP contribution < -0.4 is 0 Å². The first-order valence-electron chi connectivity index (χ1n) is 8.57. The highest BCUT2D eigenvalue weighted by Gasteiger charge is 2.38. The molecule has 0 N–H and O–H groups in total. The second-order valence-corrected chi connectivity index (χ2v) is 6.82. The van der Waals surface area contributed by atoms with Gasteiger partial charge in [-0.15, -0.1) is 0 Å². The van der Waals surface area contributed by atoms with Gasteiger partial charge in [-0.3, -0.25) is 0 Å². The molecule has 3 saturated heterocycles. The monoisotopic (exact) mass is 251 g/mol. The summed E-state index contributed by atoms with van der Waals surface area (Å²) in [5.74, 6) is 0. The van der Waals surface area contributed by atoms with E-state index in [0.717, 1.165) is 5.41 Å². The fourth-order valence-electron chi connectivity index (χ4n) is 3.91. The number of fused-ring (bicyclic) bond motifs is 3. The van der Waals surface area contributed by atoms with Crippen molar-refractivity contribution in [2.24, 2.45) is 5.41 Å². The maximum Gasteiger partial charge on any atom is -0.00134 e. The zero-order valence-electron chi connectivity index (χ0n) is 12.6. The van der Waals surface area contributed by atoms with Gasteiger partial charge in [0.15, 0.2) is 0 Å². The zero-order chi connectivity index (χ0) is 12.7. The van der Waals surface area contributed by atoms with Crippen LogP contribution in [-0.4, -0.2) is 24.5 Å². The van der Waals surface area contributed by atoms with Gasteiger partial charge in [-0.05, 0) is 50.7 Å². The van der Waals surface area contributed by atoms with Crippen LogP contribution in [0.2, 0.25) is 0 Å². The lowest BCUT2D eigenvalue weighted by Crippen LogP contribution is -2.48. The van der Waals surface area contributed by atoms with Crippen LogP contribution >= 0.6 is 0 Å².